The van der Waals surface area contributed by atoms with Gasteiger partial charge in [0.15, 0.2) is 6.61 Å². The first kappa shape index (κ1) is 21.2. The van der Waals surface area contributed by atoms with Gasteiger partial charge in [-0.25, -0.2) is 13.1 Å². The van der Waals surface area contributed by atoms with Crippen molar-refractivity contribution < 1.29 is 22.7 Å². The average molecular weight is 431 g/mol. The third-order valence-corrected chi connectivity index (χ3v) is 5.56. The number of hydrogen-bond donors (Lipinski definition) is 2. The van der Waals surface area contributed by atoms with Crippen LogP contribution in [0.1, 0.15) is 6.42 Å². The fourth-order valence-corrected chi connectivity index (χ4v) is 3.38. The number of amides is 1. The summed E-state index contributed by atoms with van der Waals surface area (Å²) in [5, 5.41) is 2.91. The smallest absolute Gasteiger partial charge is 0.307 e. The standard InChI is InChI=1S/C17H16Cl2N2O5S/c18-13-7-4-8-14(17(13)19)21-15(22)11-26-16(23)9-10-20-27(24,25)12-5-2-1-3-6-12/h1-8,20H,9-11H2,(H,21,22). The number of halogens is 2. The SMILES string of the molecule is O=C(COC(=O)CCNS(=O)(=O)c1ccccc1)Nc1cccc(Cl)c1Cl. The number of nitrogens with one attached hydrogen (secondary N) is 2. The van der Waals surface area contributed by atoms with Gasteiger partial charge < -0.3 is 10.1 Å². The highest BCUT2D eigenvalue weighted by molar-refractivity contribution is 7.89. The molecule has 7 nitrogen and oxygen atoms in total. The van der Waals surface area contributed by atoms with Gasteiger partial charge in [0.05, 0.1) is 27.0 Å². The van der Waals surface area contributed by atoms with Crippen molar-refractivity contribution in [2.75, 3.05) is 18.5 Å². The van der Waals surface area contributed by atoms with Crippen LogP contribution < -0.4 is 10.0 Å². The Morgan fingerprint density at radius 3 is 2.41 bits per heavy atom. The molecule has 0 spiro atoms. The third kappa shape index (κ3) is 6.51. The summed E-state index contributed by atoms with van der Waals surface area (Å²) in [7, 11) is -3.70. The van der Waals surface area contributed by atoms with Crippen molar-refractivity contribution in [1.82, 2.24) is 4.72 Å². The van der Waals surface area contributed by atoms with Crippen LogP contribution in [-0.2, 0) is 24.3 Å². The van der Waals surface area contributed by atoms with Crippen LogP contribution in [0.25, 0.3) is 0 Å². The largest absolute Gasteiger partial charge is 0.456 e. The minimum absolute atomic E-state index is 0.0937. The van der Waals surface area contributed by atoms with E-state index in [1.165, 1.54) is 12.1 Å². The van der Waals surface area contributed by atoms with Crippen LogP contribution >= 0.6 is 23.2 Å². The number of ether oxygens (including phenoxy) is 1. The summed E-state index contributed by atoms with van der Waals surface area (Å²) in [4.78, 5) is 23.5. The second-order valence-corrected chi connectivity index (χ2v) is 7.82. The van der Waals surface area contributed by atoms with Crippen LogP contribution in [0.5, 0.6) is 0 Å². The predicted molar refractivity (Wildman–Crippen MR) is 102 cm³/mol. The molecule has 0 bridgehead atoms. The molecule has 0 fully saturated rings. The minimum atomic E-state index is -3.70. The van der Waals surface area contributed by atoms with Crippen LogP contribution in [-0.4, -0.2) is 33.4 Å². The van der Waals surface area contributed by atoms with E-state index in [0.29, 0.717) is 5.69 Å². The van der Waals surface area contributed by atoms with E-state index in [0.717, 1.165) is 0 Å². The van der Waals surface area contributed by atoms with Gasteiger partial charge in [0.2, 0.25) is 10.0 Å². The summed E-state index contributed by atoms with van der Waals surface area (Å²) in [6.07, 6.45) is -0.225. The van der Waals surface area contributed by atoms with Crippen LogP contribution in [0, 0.1) is 0 Å². The molecular formula is C17H16Cl2N2O5S. The molecule has 0 aliphatic carbocycles. The van der Waals surface area contributed by atoms with Crippen LogP contribution in [0.4, 0.5) is 5.69 Å². The molecule has 2 rings (SSSR count). The Morgan fingerprint density at radius 2 is 1.70 bits per heavy atom. The third-order valence-electron chi connectivity index (χ3n) is 3.26. The first-order valence-electron chi connectivity index (χ1n) is 7.74. The van der Waals surface area contributed by atoms with Gasteiger partial charge in [-0.05, 0) is 24.3 Å². The van der Waals surface area contributed by atoms with Gasteiger partial charge in [0, 0.05) is 6.54 Å². The Morgan fingerprint density at radius 1 is 1.00 bits per heavy atom. The minimum Gasteiger partial charge on any atom is -0.456 e. The molecule has 0 unspecified atom stereocenters. The predicted octanol–water partition coefficient (Wildman–Crippen LogP) is 2.84. The van der Waals surface area contributed by atoms with Gasteiger partial charge in [0.25, 0.3) is 5.91 Å². The van der Waals surface area contributed by atoms with Gasteiger partial charge in [-0.3, -0.25) is 9.59 Å². The zero-order valence-corrected chi connectivity index (χ0v) is 16.3. The molecule has 0 radical (unpaired) electrons. The van der Waals surface area contributed by atoms with E-state index in [1.807, 2.05) is 0 Å². The van der Waals surface area contributed by atoms with Gasteiger partial charge >= 0.3 is 5.97 Å². The van der Waals surface area contributed by atoms with Crippen molar-refractivity contribution >= 4 is 50.8 Å². The Hall–Kier alpha value is -2.13. The van der Waals surface area contributed by atoms with E-state index in [1.54, 1.807) is 36.4 Å². The number of hydrogen-bond acceptors (Lipinski definition) is 5. The highest BCUT2D eigenvalue weighted by Crippen LogP contribution is 2.29. The number of sulfonamides is 1. The number of carbonyl (C=O) groups excluding carboxylic acids is 2. The van der Waals surface area contributed by atoms with E-state index in [4.69, 9.17) is 27.9 Å². The van der Waals surface area contributed by atoms with E-state index in [9.17, 15) is 18.0 Å². The number of esters is 1. The van der Waals surface area contributed by atoms with Crippen molar-refractivity contribution in [3.63, 3.8) is 0 Å². The van der Waals surface area contributed by atoms with Crippen molar-refractivity contribution in [1.29, 1.82) is 0 Å². The van der Waals surface area contributed by atoms with Gasteiger partial charge in [-0.1, -0.05) is 47.5 Å². The molecule has 0 aromatic heterocycles. The Balaban J connectivity index is 1.74. The fourth-order valence-electron chi connectivity index (χ4n) is 1.98. The number of benzene rings is 2. The Kier molecular flexibility index (Phi) is 7.61. The fraction of sp³-hybridized carbons (Fsp3) is 0.176. The van der Waals surface area contributed by atoms with Crippen molar-refractivity contribution in [2.45, 2.75) is 11.3 Å². The highest BCUT2D eigenvalue weighted by Gasteiger charge is 2.15. The molecule has 2 aromatic carbocycles. The van der Waals surface area contributed by atoms with E-state index >= 15 is 0 Å². The number of anilines is 1. The lowest BCUT2D eigenvalue weighted by Gasteiger charge is -2.09. The second-order valence-electron chi connectivity index (χ2n) is 5.27. The van der Waals surface area contributed by atoms with E-state index in [2.05, 4.69) is 10.0 Å². The summed E-state index contributed by atoms with van der Waals surface area (Å²) in [6.45, 7) is -0.690. The molecule has 0 saturated heterocycles. The first-order valence-corrected chi connectivity index (χ1v) is 9.98. The monoisotopic (exact) mass is 430 g/mol. The molecule has 0 atom stereocenters. The molecule has 2 aromatic rings. The summed E-state index contributed by atoms with van der Waals surface area (Å²) in [5.74, 6) is -1.32. The molecule has 0 aliphatic rings. The van der Waals surface area contributed by atoms with Crippen molar-refractivity contribution in [3.8, 4) is 0 Å². The average Bonchev–Trinajstić information content (AvgIpc) is 2.64. The molecule has 144 valence electrons. The zero-order valence-electron chi connectivity index (χ0n) is 13.9. The van der Waals surface area contributed by atoms with Gasteiger partial charge in [-0.2, -0.15) is 0 Å². The van der Waals surface area contributed by atoms with Crippen molar-refractivity contribution in [3.05, 3.63) is 58.6 Å². The second kappa shape index (κ2) is 9.70. The van der Waals surface area contributed by atoms with Crippen molar-refractivity contribution in [2.24, 2.45) is 0 Å². The van der Waals surface area contributed by atoms with Crippen LogP contribution in [0.2, 0.25) is 10.0 Å². The molecule has 10 heteroatoms. The number of rotatable bonds is 8. The topological polar surface area (TPSA) is 102 Å². The molecule has 0 aliphatic heterocycles. The van der Waals surface area contributed by atoms with E-state index in [-0.39, 0.29) is 27.9 Å². The Labute approximate surface area is 166 Å². The zero-order chi connectivity index (χ0) is 19.9. The first-order chi connectivity index (χ1) is 12.8. The van der Waals surface area contributed by atoms with Gasteiger partial charge in [-0.15, -0.1) is 0 Å². The van der Waals surface area contributed by atoms with Crippen LogP contribution in [0.15, 0.2) is 53.4 Å². The highest BCUT2D eigenvalue weighted by atomic mass is 35.5. The van der Waals surface area contributed by atoms with E-state index < -0.39 is 28.5 Å². The quantitative estimate of drug-likeness (QED) is 0.626. The normalized spacial score (nSPS) is 11.0. The summed E-state index contributed by atoms with van der Waals surface area (Å²) in [5.41, 5.74) is 0.292. The molecule has 1 amide bonds. The maximum Gasteiger partial charge on any atom is 0.307 e. The lowest BCUT2D eigenvalue weighted by molar-refractivity contribution is -0.147. The maximum atomic E-state index is 12.0. The molecule has 27 heavy (non-hydrogen) atoms. The molecule has 0 heterocycles. The summed E-state index contributed by atoms with van der Waals surface area (Å²) >= 11 is 11.8. The number of carbonyl (C=O) groups is 2. The maximum absolute atomic E-state index is 12.0. The lowest BCUT2D eigenvalue weighted by Crippen LogP contribution is -2.28. The lowest BCUT2D eigenvalue weighted by atomic mass is 10.3. The molecular weight excluding hydrogens is 415 g/mol. The molecule has 2 N–H and O–H groups in total. The van der Waals surface area contributed by atoms with Crippen LogP contribution in [0.3, 0.4) is 0 Å². The van der Waals surface area contributed by atoms with Gasteiger partial charge in [0.1, 0.15) is 0 Å². The molecule has 0 saturated carbocycles. The summed E-state index contributed by atoms with van der Waals surface area (Å²) < 4.78 is 31.1. The Bertz CT molecular complexity index is 920. The summed E-state index contributed by atoms with van der Waals surface area (Å²) in [6, 6.07) is 12.5.